The Kier molecular flexibility index (Phi) is 7.09. The van der Waals surface area contributed by atoms with E-state index in [2.05, 4.69) is 147 Å². The summed E-state index contributed by atoms with van der Waals surface area (Å²) in [6.45, 7) is 4.28. The number of benzene rings is 4. The minimum Gasteiger partial charge on any atom is -0.0888 e. The lowest BCUT2D eigenvalue weighted by Crippen LogP contribution is -1.97. The lowest BCUT2D eigenvalue weighted by molar-refractivity contribution is 1.45. The molecule has 0 radical (unpaired) electrons. The summed E-state index contributed by atoms with van der Waals surface area (Å²) in [5.74, 6) is 0. The summed E-state index contributed by atoms with van der Waals surface area (Å²) in [5, 5.41) is 0. The first kappa shape index (κ1) is 24.6. The second kappa shape index (κ2) is 10.9. The van der Waals surface area contributed by atoms with E-state index in [-0.39, 0.29) is 0 Å². The number of aryl methyl sites for hydroxylation is 2. The highest BCUT2D eigenvalue weighted by Crippen LogP contribution is 2.48. The van der Waals surface area contributed by atoms with Crippen LogP contribution >= 0.6 is 23.5 Å². The van der Waals surface area contributed by atoms with Crippen molar-refractivity contribution in [1.82, 2.24) is 0 Å². The highest BCUT2D eigenvalue weighted by molar-refractivity contribution is 8.17. The smallest absolute Gasteiger partial charge is 0.0201 e. The van der Waals surface area contributed by atoms with Crippen LogP contribution in [0.15, 0.2) is 145 Å². The SMILES string of the molecule is Cc1ccc(C2=C/C(=C3/C=C(c4ccccc4)SC(c4ccc(C)cc4)=C3)C=C(c3ccccc3)S2)cc1. The molecule has 2 heterocycles. The third-order valence-corrected chi connectivity index (χ3v) is 9.00. The lowest BCUT2D eigenvalue weighted by atomic mass is 10.00. The van der Waals surface area contributed by atoms with Gasteiger partial charge in [0, 0.05) is 19.6 Å². The summed E-state index contributed by atoms with van der Waals surface area (Å²) in [7, 11) is 0. The van der Waals surface area contributed by atoms with Crippen molar-refractivity contribution in [1.29, 1.82) is 0 Å². The van der Waals surface area contributed by atoms with Gasteiger partial charge in [-0.05, 0) is 71.6 Å². The van der Waals surface area contributed by atoms with Crippen LogP contribution in [0.4, 0.5) is 0 Å². The van der Waals surface area contributed by atoms with Crippen LogP contribution in [0, 0.1) is 13.8 Å². The molecule has 0 spiro atoms. The standard InChI is InChI=1S/C36H28S2/c1-25-13-17-29(18-14-25)35-23-31(21-33(37-35)27-9-5-3-6-10-27)32-22-34(28-11-7-4-8-12-28)38-36(24-32)30-19-15-26(2)16-20-30/h3-24H,1-2H3/b32-31-. The number of allylic oxidation sites excluding steroid dienone is 6. The third kappa shape index (κ3) is 5.43. The predicted octanol–water partition coefficient (Wildman–Crippen LogP) is 10.6. The first-order valence-electron chi connectivity index (χ1n) is 12.8. The average Bonchev–Trinajstić information content (AvgIpc) is 2.98. The Morgan fingerprint density at radius 3 is 0.947 bits per heavy atom. The highest BCUT2D eigenvalue weighted by Gasteiger charge is 2.20. The zero-order valence-electron chi connectivity index (χ0n) is 21.5. The molecule has 0 aliphatic carbocycles. The van der Waals surface area contributed by atoms with Crippen LogP contribution in [0.2, 0.25) is 0 Å². The Labute approximate surface area is 234 Å². The van der Waals surface area contributed by atoms with Gasteiger partial charge in [0.15, 0.2) is 0 Å². The van der Waals surface area contributed by atoms with Crippen LogP contribution in [-0.4, -0.2) is 0 Å². The summed E-state index contributed by atoms with van der Waals surface area (Å²) in [4.78, 5) is 5.08. The van der Waals surface area contributed by atoms with Crippen LogP contribution in [0.25, 0.3) is 19.6 Å². The minimum absolute atomic E-state index is 1.23. The van der Waals surface area contributed by atoms with E-state index in [1.54, 1.807) is 0 Å². The van der Waals surface area contributed by atoms with E-state index in [9.17, 15) is 0 Å². The van der Waals surface area contributed by atoms with E-state index in [0.29, 0.717) is 0 Å². The molecule has 0 N–H and O–H groups in total. The van der Waals surface area contributed by atoms with Crippen molar-refractivity contribution in [3.05, 3.63) is 178 Å². The van der Waals surface area contributed by atoms with Crippen LogP contribution in [0.1, 0.15) is 33.4 Å². The van der Waals surface area contributed by atoms with Crippen molar-refractivity contribution >= 4 is 43.1 Å². The molecule has 184 valence electrons. The fourth-order valence-corrected chi connectivity index (χ4v) is 6.78. The van der Waals surface area contributed by atoms with Gasteiger partial charge in [0.1, 0.15) is 0 Å². The van der Waals surface area contributed by atoms with Gasteiger partial charge in [-0.15, -0.1) is 0 Å². The van der Waals surface area contributed by atoms with E-state index in [0.717, 1.165) is 0 Å². The van der Waals surface area contributed by atoms with Crippen molar-refractivity contribution < 1.29 is 0 Å². The molecule has 2 aliphatic heterocycles. The van der Waals surface area contributed by atoms with Crippen molar-refractivity contribution in [3.63, 3.8) is 0 Å². The van der Waals surface area contributed by atoms with Crippen molar-refractivity contribution in [3.8, 4) is 0 Å². The molecule has 2 aliphatic rings. The van der Waals surface area contributed by atoms with Crippen LogP contribution in [0.5, 0.6) is 0 Å². The summed E-state index contributed by atoms with van der Waals surface area (Å²) < 4.78 is 0. The van der Waals surface area contributed by atoms with Gasteiger partial charge in [-0.3, -0.25) is 0 Å². The normalized spacial score (nSPS) is 17.3. The molecule has 0 saturated carbocycles. The molecule has 0 amide bonds. The van der Waals surface area contributed by atoms with Crippen LogP contribution in [-0.2, 0) is 0 Å². The average molecular weight is 525 g/mol. The second-order valence-electron chi connectivity index (χ2n) is 9.61. The van der Waals surface area contributed by atoms with Crippen molar-refractivity contribution in [2.75, 3.05) is 0 Å². The van der Waals surface area contributed by atoms with Gasteiger partial charge in [-0.1, -0.05) is 144 Å². The first-order valence-corrected chi connectivity index (χ1v) is 14.5. The molecule has 0 saturated heterocycles. The predicted molar refractivity (Wildman–Crippen MR) is 169 cm³/mol. The third-order valence-electron chi connectivity index (χ3n) is 6.71. The Morgan fingerprint density at radius 2 is 0.632 bits per heavy atom. The van der Waals surface area contributed by atoms with Gasteiger partial charge in [0.25, 0.3) is 0 Å². The van der Waals surface area contributed by atoms with Crippen molar-refractivity contribution in [2.45, 2.75) is 13.8 Å². The summed E-state index contributed by atoms with van der Waals surface area (Å²) in [6, 6.07) is 39.2. The van der Waals surface area contributed by atoms with Crippen LogP contribution in [0.3, 0.4) is 0 Å². The Balaban J connectivity index is 1.55. The molecule has 6 rings (SSSR count). The van der Waals surface area contributed by atoms with E-state index in [1.807, 2.05) is 23.5 Å². The van der Waals surface area contributed by atoms with E-state index in [4.69, 9.17) is 0 Å². The molecule has 4 aromatic carbocycles. The molecule has 4 aromatic rings. The quantitative estimate of drug-likeness (QED) is 0.260. The summed E-state index contributed by atoms with van der Waals surface area (Å²) in [5.41, 5.74) is 10.0. The zero-order valence-corrected chi connectivity index (χ0v) is 23.2. The Bertz CT molecular complexity index is 1490. The highest BCUT2D eigenvalue weighted by atomic mass is 32.2. The van der Waals surface area contributed by atoms with Crippen LogP contribution < -0.4 is 0 Å². The maximum atomic E-state index is 2.36. The molecule has 2 heteroatoms. The monoisotopic (exact) mass is 524 g/mol. The minimum atomic E-state index is 1.23. The van der Waals surface area contributed by atoms with Gasteiger partial charge in [-0.25, -0.2) is 0 Å². The molecule has 0 fully saturated rings. The lowest BCUT2D eigenvalue weighted by Gasteiger charge is -2.22. The molecule has 0 nitrogen and oxygen atoms in total. The Morgan fingerprint density at radius 1 is 0.342 bits per heavy atom. The van der Waals surface area contributed by atoms with E-state index < -0.39 is 0 Å². The zero-order chi connectivity index (χ0) is 25.9. The topological polar surface area (TPSA) is 0 Å². The molecular formula is C36H28S2. The molecule has 0 atom stereocenters. The van der Waals surface area contributed by atoms with Gasteiger partial charge < -0.3 is 0 Å². The van der Waals surface area contributed by atoms with E-state index >= 15 is 0 Å². The van der Waals surface area contributed by atoms with Gasteiger partial charge >= 0.3 is 0 Å². The van der Waals surface area contributed by atoms with Gasteiger partial charge in [0.2, 0.25) is 0 Å². The fourth-order valence-electron chi connectivity index (χ4n) is 4.55. The van der Waals surface area contributed by atoms with Gasteiger partial charge in [-0.2, -0.15) is 0 Å². The largest absolute Gasteiger partial charge is 0.0888 e. The number of hydrogen-bond acceptors (Lipinski definition) is 2. The summed E-state index contributed by atoms with van der Waals surface area (Å²) >= 11 is 3.70. The number of thioether (sulfide) groups is 2. The molecular weight excluding hydrogens is 497 g/mol. The molecule has 0 bridgehead atoms. The molecule has 38 heavy (non-hydrogen) atoms. The molecule has 0 aromatic heterocycles. The van der Waals surface area contributed by atoms with E-state index in [1.165, 1.54) is 64.1 Å². The van der Waals surface area contributed by atoms with Gasteiger partial charge in [0.05, 0.1) is 0 Å². The number of hydrogen-bond donors (Lipinski definition) is 0. The van der Waals surface area contributed by atoms with Crippen molar-refractivity contribution in [2.24, 2.45) is 0 Å². The fraction of sp³-hybridized carbons (Fsp3) is 0.0556. The second-order valence-corrected chi connectivity index (χ2v) is 11.8. The maximum Gasteiger partial charge on any atom is 0.0201 e. The summed E-state index contributed by atoms with van der Waals surface area (Å²) in [6.07, 6.45) is 9.42. The first-order chi connectivity index (χ1) is 18.6. The Hall–Kier alpha value is -3.72. The number of rotatable bonds is 4. The molecule has 0 unspecified atom stereocenters. The maximum absolute atomic E-state index is 2.36.